The van der Waals surface area contributed by atoms with Gasteiger partial charge in [-0.15, -0.1) is 0 Å². The third-order valence-corrected chi connectivity index (χ3v) is 3.30. The molecule has 0 unspecified atom stereocenters. The van der Waals surface area contributed by atoms with Gasteiger partial charge in [-0.05, 0) is 31.9 Å². The number of aliphatic hydroxyl groups is 1. The summed E-state index contributed by atoms with van der Waals surface area (Å²) in [5.74, 6) is 1.43. The number of hydrogen-bond acceptors (Lipinski definition) is 4. The number of ether oxygens (including phenoxy) is 2. The van der Waals surface area contributed by atoms with E-state index in [1.807, 2.05) is 45.0 Å². The highest BCUT2D eigenvalue weighted by Crippen LogP contribution is 2.23. The second-order valence-corrected chi connectivity index (χ2v) is 4.86. The van der Waals surface area contributed by atoms with Gasteiger partial charge in [-0.1, -0.05) is 19.9 Å². The Kier molecular flexibility index (Phi) is 6.12. The van der Waals surface area contributed by atoms with Crippen molar-refractivity contribution >= 4 is 0 Å². The van der Waals surface area contributed by atoms with Crippen LogP contribution in [0.1, 0.15) is 33.6 Å². The molecule has 0 aliphatic rings. The zero-order valence-electron chi connectivity index (χ0n) is 12.1. The second-order valence-electron chi connectivity index (χ2n) is 4.86. The van der Waals surface area contributed by atoms with Gasteiger partial charge in [0.05, 0.1) is 5.60 Å². The predicted octanol–water partition coefficient (Wildman–Crippen LogP) is 2.34. The smallest absolute Gasteiger partial charge is 0.123 e. The first-order chi connectivity index (χ1) is 9.03. The Bertz CT molecular complexity index is 377. The third-order valence-electron chi connectivity index (χ3n) is 3.30. The lowest BCUT2D eigenvalue weighted by Gasteiger charge is -2.25. The molecule has 3 N–H and O–H groups in total. The second kappa shape index (κ2) is 7.36. The van der Waals surface area contributed by atoms with E-state index in [-0.39, 0.29) is 12.7 Å². The molecule has 19 heavy (non-hydrogen) atoms. The standard InChI is InChI=1S/C15H25NO3/c1-4-15(17,5-2)11-18-13-7-6-8-14(9-13)19-12(3)10-16/h6-9,12,17H,4-5,10-11,16H2,1-3H3/t12-/m1/s1. The molecule has 4 heteroatoms. The maximum absolute atomic E-state index is 10.2. The lowest BCUT2D eigenvalue weighted by Crippen LogP contribution is -2.34. The van der Waals surface area contributed by atoms with Crippen LogP contribution in [0.3, 0.4) is 0 Å². The fourth-order valence-corrected chi connectivity index (χ4v) is 1.59. The maximum Gasteiger partial charge on any atom is 0.123 e. The Morgan fingerprint density at radius 1 is 1.26 bits per heavy atom. The van der Waals surface area contributed by atoms with Crippen molar-refractivity contribution in [2.24, 2.45) is 5.73 Å². The number of nitrogens with two attached hydrogens (primary N) is 1. The molecular formula is C15H25NO3. The van der Waals surface area contributed by atoms with E-state index in [0.717, 1.165) is 5.75 Å². The minimum atomic E-state index is -0.762. The van der Waals surface area contributed by atoms with Gasteiger partial charge in [0.2, 0.25) is 0 Å². The van der Waals surface area contributed by atoms with Gasteiger partial charge in [-0.2, -0.15) is 0 Å². The fraction of sp³-hybridized carbons (Fsp3) is 0.600. The third kappa shape index (κ3) is 5.09. The summed E-state index contributed by atoms with van der Waals surface area (Å²) >= 11 is 0. The van der Waals surface area contributed by atoms with Gasteiger partial charge in [-0.25, -0.2) is 0 Å². The normalized spacial score (nSPS) is 13.1. The van der Waals surface area contributed by atoms with Crippen molar-refractivity contribution in [3.63, 3.8) is 0 Å². The van der Waals surface area contributed by atoms with Crippen molar-refractivity contribution in [2.45, 2.75) is 45.3 Å². The first-order valence-electron chi connectivity index (χ1n) is 6.85. The van der Waals surface area contributed by atoms with Crippen LogP contribution in [0.15, 0.2) is 24.3 Å². The molecule has 1 aromatic carbocycles. The van der Waals surface area contributed by atoms with E-state index in [1.54, 1.807) is 0 Å². The summed E-state index contributed by atoms with van der Waals surface area (Å²) in [6.07, 6.45) is 1.31. The molecule has 0 bridgehead atoms. The van der Waals surface area contributed by atoms with Gasteiger partial charge in [0, 0.05) is 12.6 Å². The lowest BCUT2D eigenvalue weighted by atomic mass is 9.99. The molecule has 0 aliphatic heterocycles. The molecule has 0 saturated heterocycles. The van der Waals surface area contributed by atoms with Crippen LogP contribution in [0.4, 0.5) is 0 Å². The van der Waals surface area contributed by atoms with Crippen LogP contribution in [-0.2, 0) is 0 Å². The van der Waals surface area contributed by atoms with Gasteiger partial charge in [0.1, 0.15) is 24.2 Å². The molecule has 0 spiro atoms. The van der Waals surface area contributed by atoms with Crippen LogP contribution in [0.2, 0.25) is 0 Å². The monoisotopic (exact) mass is 267 g/mol. The molecule has 0 heterocycles. The van der Waals surface area contributed by atoms with E-state index < -0.39 is 5.60 Å². The highest BCUT2D eigenvalue weighted by molar-refractivity contribution is 5.33. The molecule has 1 aromatic rings. The minimum absolute atomic E-state index is 0.0292. The molecule has 0 aliphatic carbocycles. The van der Waals surface area contributed by atoms with Crippen molar-refractivity contribution in [3.8, 4) is 11.5 Å². The van der Waals surface area contributed by atoms with Gasteiger partial charge in [0.15, 0.2) is 0 Å². The van der Waals surface area contributed by atoms with Gasteiger partial charge >= 0.3 is 0 Å². The Balaban J connectivity index is 2.62. The van der Waals surface area contributed by atoms with E-state index in [9.17, 15) is 5.11 Å². The molecule has 0 amide bonds. The zero-order chi connectivity index (χ0) is 14.3. The molecule has 0 aromatic heterocycles. The van der Waals surface area contributed by atoms with E-state index in [4.69, 9.17) is 15.2 Å². The molecule has 0 fully saturated rings. The largest absolute Gasteiger partial charge is 0.490 e. The lowest BCUT2D eigenvalue weighted by molar-refractivity contribution is -0.0114. The number of benzene rings is 1. The molecule has 1 atom stereocenters. The first-order valence-corrected chi connectivity index (χ1v) is 6.85. The molecular weight excluding hydrogens is 242 g/mol. The zero-order valence-corrected chi connectivity index (χ0v) is 12.1. The highest BCUT2D eigenvalue weighted by Gasteiger charge is 2.23. The summed E-state index contributed by atoms with van der Waals surface area (Å²) in [6, 6.07) is 7.40. The Labute approximate surface area is 115 Å². The van der Waals surface area contributed by atoms with Crippen molar-refractivity contribution in [1.29, 1.82) is 0 Å². The van der Waals surface area contributed by atoms with Crippen LogP contribution in [-0.4, -0.2) is 30.0 Å². The SMILES string of the molecule is CCC(O)(CC)COc1cccc(O[C@H](C)CN)c1. The van der Waals surface area contributed by atoms with Crippen molar-refractivity contribution < 1.29 is 14.6 Å². The highest BCUT2D eigenvalue weighted by atomic mass is 16.5. The topological polar surface area (TPSA) is 64.7 Å². The summed E-state index contributed by atoms with van der Waals surface area (Å²) in [7, 11) is 0. The van der Waals surface area contributed by atoms with Gasteiger partial charge < -0.3 is 20.3 Å². The van der Waals surface area contributed by atoms with Crippen LogP contribution in [0.25, 0.3) is 0 Å². The van der Waals surface area contributed by atoms with Crippen molar-refractivity contribution in [2.75, 3.05) is 13.2 Å². The molecule has 108 valence electrons. The summed E-state index contributed by atoms with van der Waals surface area (Å²) in [4.78, 5) is 0. The van der Waals surface area contributed by atoms with E-state index in [2.05, 4.69) is 0 Å². The predicted molar refractivity (Wildman–Crippen MR) is 76.6 cm³/mol. The van der Waals surface area contributed by atoms with Gasteiger partial charge in [-0.3, -0.25) is 0 Å². The van der Waals surface area contributed by atoms with Crippen LogP contribution < -0.4 is 15.2 Å². The Morgan fingerprint density at radius 3 is 2.47 bits per heavy atom. The maximum atomic E-state index is 10.2. The van der Waals surface area contributed by atoms with Crippen molar-refractivity contribution in [3.05, 3.63) is 24.3 Å². The number of rotatable bonds is 8. The Morgan fingerprint density at radius 2 is 1.89 bits per heavy atom. The van der Waals surface area contributed by atoms with Crippen molar-refractivity contribution in [1.82, 2.24) is 0 Å². The van der Waals surface area contributed by atoms with Crippen LogP contribution >= 0.6 is 0 Å². The summed E-state index contributed by atoms with van der Waals surface area (Å²) in [5.41, 5.74) is 4.76. The molecule has 1 rings (SSSR count). The molecule has 0 radical (unpaired) electrons. The van der Waals surface area contributed by atoms with E-state index >= 15 is 0 Å². The van der Waals surface area contributed by atoms with E-state index in [1.165, 1.54) is 0 Å². The first kappa shape index (κ1) is 15.8. The van der Waals surface area contributed by atoms with Crippen LogP contribution in [0.5, 0.6) is 11.5 Å². The van der Waals surface area contributed by atoms with E-state index in [0.29, 0.717) is 25.1 Å². The molecule has 4 nitrogen and oxygen atoms in total. The Hall–Kier alpha value is -1.26. The van der Waals surface area contributed by atoms with Gasteiger partial charge in [0.25, 0.3) is 0 Å². The average molecular weight is 267 g/mol. The summed E-state index contributed by atoms with van der Waals surface area (Å²) < 4.78 is 11.3. The average Bonchev–Trinajstić information content (AvgIpc) is 2.45. The summed E-state index contributed by atoms with van der Waals surface area (Å²) in [6.45, 7) is 6.58. The quantitative estimate of drug-likeness (QED) is 0.759. The fourth-order valence-electron chi connectivity index (χ4n) is 1.59. The number of hydrogen-bond donors (Lipinski definition) is 2. The van der Waals surface area contributed by atoms with Crippen LogP contribution in [0, 0.1) is 0 Å². The molecule has 0 saturated carbocycles. The minimum Gasteiger partial charge on any atom is -0.490 e. The summed E-state index contributed by atoms with van der Waals surface area (Å²) in [5, 5.41) is 10.2.